The van der Waals surface area contributed by atoms with Gasteiger partial charge in [-0.1, -0.05) is 41.9 Å². The molecule has 0 saturated carbocycles. The zero-order chi connectivity index (χ0) is 14.8. The molecular weight excluding hydrogens is 284 g/mol. The molecule has 3 rings (SSSR count). The molecule has 1 aliphatic carbocycles. The fraction of sp³-hybridized carbons (Fsp3) is 0.278. The number of halogens is 1. The van der Waals surface area contributed by atoms with Crippen LogP contribution in [0.1, 0.15) is 34.6 Å². The first kappa shape index (κ1) is 14.2. The molecule has 0 spiro atoms. The van der Waals surface area contributed by atoms with E-state index in [9.17, 15) is 9.90 Å². The van der Waals surface area contributed by atoms with Crippen LogP contribution in [-0.2, 0) is 24.1 Å². The lowest BCUT2D eigenvalue weighted by Crippen LogP contribution is -2.14. The highest BCUT2D eigenvalue weighted by Gasteiger charge is 2.21. The minimum atomic E-state index is -0.794. The van der Waals surface area contributed by atoms with Crippen LogP contribution in [0.25, 0.3) is 0 Å². The zero-order valence-corrected chi connectivity index (χ0v) is 12.4. The van der Waals surface area contributed by atoms with Crippen LogP contribution in [0.3, 0.4) is 0 Å². The Bertz CT molecular complexity index is 661. The van der Waals surface area contributed by atoms with Crippen LogP contribution in [0, 0.1) is 0 Å². The van der Waals surface area contributed by atoms with E-state index in [-0.39, 0.29) is 0 Å². The molecular formula is C18H17ClO2. The maximum atomic E-state index is 11.6. The topological polar surface area (TPSA) is 37.3 Å². The minimum Gasteiger partial charge on any atom is -0.481 e. The van der Waals surface area contributed by atoms with Crippen LogP contribution in [0.4, 0.5) is 0 Å². The van der Waals surface area contributed by atoms with Crippen molar-refractivity contribution >= 4 is 17.6 Å². The highest BCUT2D eigenvalue weighted by molar-refractivity contribution is 6.30. The summed E-state index contributed by atoms with van der Waals surface area (Å²) < 4.78 is 0. The maximum Gasteiger partial charge on any atom is 0.311 e. The number of fused-ring (bicyclic) bond motifs is 1. The monoisotopic (exact) mass is 300 g/mol. The standard InChI is InChI=1S/C18H17ClO2/c19-16-8-6-14(7-9-16)17(18(20)21)11-12-4-5-13-2-1-3-15(13)10-12/h4-10,17H,1-3,11H2,(H,20,21). The molecule has 1 atom stereocenters. The number of benzene rings is 2. The van der Waals surface area contributed by atoms with Gasteiger partial charge in [-0.2, -0.15) is 0 Å². The molecule has 0 saturated heterocycles. The summed E-state index contributed by atoms with van der Waals surface area (Å²) in [6, 6.07) is 13.5. The van der Waals surface area contributed by atoms with Gasteiger partial charge in [-0.25, -0.2) is 0 Å². The van der Waals surface area contributed by atoms with Crippen molar-refractivity contribution in [2.45, 2.75) is 31.6 Å². The number of hydrogen-bond donors (Lipinski definition) is 1. The molecule has 0 aromatic heterocycles. The summed E-state index contributed by atoms with van der Waals surface area (Å²) in [6.07, 6.45) is 3.99. The van der Waals surface area contributed by atoms with Gasteiger partial charge in [-0.3, -0.25) is 4.79 Å². The quantitative estimate of drug-likeness (QED) is 0.917. The number of carbonyl (C=O) groups is 1. The van der Waals surface area contributed by atoms with E-state index < -0.39 is 11.9 Å². The average Bonchev–Trinajstić information content (AvgIpc) is 2.93. The molecule has 0 bridgehead atoms. The van der Waals surface area contributed by atoms with E-state index in [1.54, 1.807) is 24.3 Å². The lowest BCUT2D eigenvalue weighted by atomic mass is 9.91. The summed E-state index contributed by atoms with van der Waals surface area (Å²) in [5.74, 6) is -1.32. The first-order valence-electron chi connectivity index (χ1n) is 7.22. The third kappa shape index (κ3) is 3.11. The Balaban J connectivity index is 1.85. The molecule has 2 nitrogen and oxygen atoms in total. The van der Waals surface area contributed by atoms with Crippen LogP contribution in [0.15, 0.2) is 42.5 Å². The van der Waals surface area contributed by atoms with Crippen molar-refractivity contribution in [1.29, 1.82) is 0 Å². The molecule has 2 aromatic rings. The molecule has 1 N–H and O–H groups in total. The Kier molecular flexibility index (Phi) is 3.98. The first-order valence-corrected chi connectivity index (χ1v) is 7.60. The van der Waals surface area contributed by atoms with Crippen LogP contribution < -0.4 is 0 Å². The second-order valence-electron chi connectivity index (χ2n) is 5.60. The van der Waals surface area contributed by atoms with E-state index in [1.165, 1.54) is 17.5 Å². The first-order chi connectivity index (χ1) is 10.1. The maximum absolute atomic E-state index is 11.6. The summed E-state index contributed by atoms with van der Waals surface area (Å²) in [6.45, 7) is 0. The van der Waals surface area contributed by atoms with Crippen molar-refractivity contribution in [3.05, 3.63) is 69.7 Å². The highest BCUT2D eigenvalue weighted by Crippen LogP contribution is 2.27. The van der Waals surface area contributed by atoms with Crippen molar-refractivity contribution in [2.75, 3.05) is 0 Å². The lowest BCUT2D eigenvalue weighted by molar-refractivity contribution is -0.138. The van der Waals surface area contributed by atoms with Gasteiger partial charge >= 0.3 is 5.97 Å². The predicted octanol–water partition coefficient (Wildman–Crippen LogP) is 4.24. The van der Waals surface area contributed by atoms with Crippen molar-refractivity contribution in [2.24, 2.45) is 0 Å². The molecule has 1 unspecified atom stereocenters. The van der Waals surface area contributed by atoms with Gasteiger partial charge in [0.1, 0.15) is 0 Å². The number of rotatable bonds is 4. The molecule has 0 amide bonds. The van der Waals surface area contributed by atoms with Gasteiger partial charge in [-0.05, 0) is 60.1 Å². The Labute approximate surface area is 129 Å². The van der Waals surface area contributed by atoms with E-state index in [4.69, 9.17) is 11.6 Å². The van der Waals surface area contributed by atoms with Crippen molar-refractivity contribution in [3.8, 4) is 0 Å². The van der Waals surface area contributed by atoms with E-state index in [2.05, 4.69) is 18.2 Å². The van der Waals surface area contributed by atoms with Crippen molar-refractivity contribution < 1.29 is 9.90 Å². The van der Waals surface area contributed by atoms with Gasteiger partial charge in [0.15, 0.2) is 0 Å². The zero-order valence-electron chi connectivity index (χ0n) is 11.7. The van der Waals surface area contributed by atoms with Crippen LogP contribution in [0.5, 0.6) is 0 Å². The SMILES string of the molecule is O=C(O)C(Cc1ccc2c(c1)CCC2)c1ccc(Cl)cc1. The van der Waals surface area contributed by atoms with E-state index in [0.29, 0.717) is 11.4 Å². The van der Waals surface area contributed by atoms with Gasteiger partial charge < -0.3 is 5.11 Å². The summed E-state index contributed by atoms with van der Waals surface area (Å²) in [4.78, 5) is 11.6. The molecule has 1 aliphatic rings. The van der Waals surface area contributed by atoms with Crippen molar-refractivity contribution in [1.82, 2.24) is 0 Å². The molecule has 0 radical (unpaired) electrons. The van der Waals surface area contributed by atoms with Crippen LogP contribution in [0.2, 0.25) is 5.02 Å². The molecule has 0 heterocycles. The smallest absolute Gasteiger partial charge is 0.311 e. The average molecular weight is 301 g/mol. The largest absolute Gasteiger partial charge is 0.481 e. The Morgan fingerprint density at radius 2 is 1.81 bits per heavy atom. The second-order valence-corrected chi connectivity index (χ2v) is 6.04. The predicted molar refractivity (Wildman–Crippen MR) is 84.0 cm³/mol. The van der Waals surface area contributed by atoms with Crippen LogP contribution >= 0.6 is 11.6 Å². The molecule has 3 heteroatoms. The molecule has 0 fully saturated rings. The Morgan fingerprint density at radius 1 is 1.10 bits per heavy atom. The van der Waals surface area contributed by atoms with Gasteiger partial charge in [-0.15, -0.1) is 0 Å². The van der Waals surface area contributed by atoms with Gasteiger partial charge in [0.05, 0.1) is 5.92 Å². The summed E-state index contributed by atoms with van der Waals surface area (Å²) in [7, 11) is 0. The molecule has 21 heavy (non-hydrogen) atoms. The number of aliphatic carboxylic acids is 1. The van der Waals surface area contributed by atoms with E-state index in [0.717, 1.165) is 24.0 Å². The molecule has 2 aromatic carbocycles. The normalized spacial score (nSPS) is 14.7. The summed E-state index contributed by atoms with van der Waals surface area (Å²) in [5, 5.41) is 10.1. The molecule has 0 aliphatic heterocycles. The number of carboxylic acid groups (broad SMARTS) is 1. The Morgan fingerprint density at radius 3 is 2.52 bits per heavy atom. The third-order valence-corrected chi connectivity index (χ3v) is 4.43. The van der Waals surface area contributed by atoms with Gasteiger partial charge in [0.2, 0.25) is 0 Å². The van der Waals surface area contributed by atoms with E-state index in [1.807, 2.05) is 0 Å². The molecule has 108 valence electrons. The number of hydrogen-bond acceptors (Lipinski definition) is 1. The fourth-order valence-corrected chi connectivity index (χ4v) is 3.16. The number of aryl methyl sites for hydroxylation is 2. The summed E-state index contributed by atoms with van der Waals surface area (Å²) in [5.41, 5.74) is 4.69. The second kappa shape index (κ2) is 5.90. The van der Waals surface area contributed by atoms with Gasteiger partial charge in [0.25, 0.3) is 0 Å². The number of carboxylic acids is 1. The van der Waals surface area contributed by atoms with Crippen LogP contribution in [-0.4, -0.2) is 11.1 Å². The fourth-order valence-electron chi connectivity index (χ4n) is 3.03. The van der Waals surface area contributed by atoms with Crippen molar-refractivity contribution in [3.63, 3.8) is 0 Å². The Hall–Kier alpha value is -1.80. The summed E-state index contributed by atoms with van der Waals surface area (Å²) >= 11 is 5.87. The minimum absolute atomic E-state index is 0.518. The van der Waals surface area contributed by atoms with Gasteiger partial charge in [0, 0.05) is 5.02 Å². The third-order valence-electron chi connectivity index (χ3n) is 4.17. The van der Waals surface area contributed by atoms with E-state index >= 15 is 0 Å². The lowest BCUT2D eigenvalue weighted by Gasteiger charge is -2.14. The highest BCUT2D eigenvalue weighted by atomic mass is 35.5.